The van der Waals surface area contributed by atoms with Crippen molar-refractivity contribution in [2.75, 3.05) is 0 Å². The fourth-order valence-electron chi connectivity index (χ4n) is 11.4. The number of fused-ring (bicyclic) bond motifs is 8. The first-order chi connectivity index (χ1) is 30.3. The molecule has 0 amide bonds. The van der Waals surface area contributed by atoms with Crippen molar-refractivity contribution in [3.05, 3.63) is 200 Å². The van der Waals surface area contributed by atoms with Crippen LogP contribution >= 0.6 is 0 Å². The van der Waals surface area contributed by atoms with Gasteiger partial charge in [-0.2, -0.15) is 0 Å². The molecule has 12 aromatic rings. The Morgan fingerprint density at radius 3 is 1.74 bits per heavy atom. The van der Waals surface area contributed by atoms with Crippen molar-refractivity contribution in [2.45, 2.75) is 12.8 Å². The maximum atomic E-state index is 4.66. The maximum Gasteiger partial charge on any atom is 0.0568 e. The van der Waals surface area contributed by atoms with Crippen molar-refractivity contribution in [3.8, 4) is 44.5 Å². The van der Waals surface area contributed by atoms with Gasteiger partial charge in [0.15, 0.2) is 0 Å². The van der Waals surface area contributed by atoms with Gasteiger partial charge in [-0.1, -0.05) is 164 Å². The number of nitrogens with zero attached hydrogens (tertiary/aromatic N) is 2. The molecular formula is C59H36N2. The summed E-state index contributed by atoms with van der Waals surface area (Å²) >= 11 is 0. The highest BCUT2D eigenvalue weighted by Crippen LogP contribution is 2.58. The van der Waals surface area contributed by atoms with E-state index in [1.807, 2.05) is 6.20 Å². The Labute approximate surface area is 352 Å². The molecule has 0 spiro atoms. The third-order valence-electron chi connectivity index (χ3n) is 13.9. The molecular weight excluding hydrogens is 737 g/mol. The minimum absolute atomic E-state index is 0.934. The lowest BCUT2D eigenvalue weighted by molar-refractivity contribution is 0.993. The number of hydrogen-bond acceptors (Lipinski definition) is 1. The van der Waals surface area contributed by atoms with E-state index < -0.39 is 0 Å². The number of rotatable bonds is 4. The predicted molar refractivity (Wildman–Crippen MR) is 259 cm³/mol. The molecule has 282 valence electrons. The summed E-state index contributed by atoms with van der Waals surface area (Å²) in [6, 6.07) is 63.3. The van der Waals surface area contributed by atoms with Gasteiger partial charge in [0.2, 0.25) is 0 Å². The average Bonchev–Trinajstić information content (AvgIpc) is 3.84. The first kappa shape index (κ1) is 33.1. The summed E-state index contributed by atoms with van der Waals surface area (Å²) in [5, 5.41) is 15.6. The van der Waals surface area contributed by atoms with E-state index in [4.69, 9.17) is 0 Å². The van der Waals surface area contributed by atoms with Crippen LogP contribution in [0.5, 0.6) is 0 Å². The molecule has 2 aromatic heterocycles. The molecule has 2 nitrogen and oxygen atoms in total. The zero-order valence-corrected chi connectivity index (χ0v) is 33.3. The van der Waals surface area contributed by atoms with E-state index in [1.54, 1.807) is 0 Å². The summed E-state index contributed by atoms with van der Waals surface area (Å²) in [6.45, 7) is 0. The molecule has 0 unspecified atom stereocenters. The van der Waals surface area contributed by atoms with Gasteiger partial charge in [0.25, 0.3) is 0 Å². The van der Waals surface area contributed by atoms with E-state index >= 15 is 0 Å². The van der Waals surface area contributed by atoms with Gasteiger partial charge in [-0.3, -0.25) is 4.98 Å². The van der Waals surface area contributed by atoms with Crippen molar-refractivity contribution in [2.24, 2.45) is 0 Å². The Morgan fingerprint density at radius 1 is 0.377 bits per heavy atom. The van der Waals surface area contributed by atoms with Crippen LogP contribution in [0.4, 0.5) is 0 Å². The first-order valence-electron chi connectivity index (χ1n) is 21.4. The summed E-state index contributed by atoms with van der Waals surface area (Å²) in [5.41, 5.74) is 16.9. The zero-order chi connectivity index (χ0) is 39.8. The first-order valence-corrected chi connectivity index (χ1v) is 21.4. The van der Waals surface area contributed by atoms with E-state index in [9.17, 15) is 0 Å². The van der Waals surface area contributed by atoms with Gasteiger partial charge in [0.1, 0.15) is 0 Å². The van der Waals surface area contributed by atoms with Crippen LogP contribution in [0.3, 0.4) is 0 Å². The second-order valence-electron chi connectivity index (χ2n) is 16.9. The molecule has 0 saturated carbocycles. The smallest absolute Gasteiger partial charge is 0.0568 e. The molecule has 0 fully saturated rings. The molecule has 61 heavy (non-hydrogen) atoms. The zero-order valence-electron chi connectivity index (χ0n) is 33.3. The minimum atomic E-state index is 0.934. The largest absolute Gasteiger partial charge is 0.313 e. The van der Waals surface area contributed by atoms with Gasteiger partial charge in [-0.05, 0) is 141 Å². The SMILES string of the molecule is C1=C(c2ccc3c4c(cccc24)-c2c-3c(-c3ccccc3)c3ccccc3c2-c2ccccc2)CCC(n2c3ccncc3c3c4ccc5cccc6ccc(cc32)c4c65)=C1. The second-order valence-corrected chi connectivity index (χ2v) is 16.9. The van der Waals surface area contributed by atoms with Crippen LogP contribution in [0.1, 0.15) is 18.4 Å². The van der Waals surface area contributed by atoms with E-state index in [0.717, 1.165) is 12.8 Å². The fraction of sp³-hybridized carbons (Fsp3) is 0.0339. The van der Waals surface area contributed by atoms with Gasteiger partial charge in [0.05, 0.1) is 11.0 Å². The lowest BCUT2D eigenvalue weighted by Crippen LogP contribution is -2.02. The highest BCUT2D eigenvalue weighted by Gasteiger charge is 2.31. The molecule has 0 N–H and O–H groups in total. The average molecular weight is 773 g/mol. The lowest BCUT2D eigenvalue weighted by Gasteiger charge is -2.20. The molecule has 0 atom stereocenters. The Morgan fingerprint density at radius 2 is 1.02 bits per heavy atom. The number of benzene rings is 10. The summed E-state index contributed by atoms with van der Waals surface area (Å²) < 4.78 is 2.51. The van der Waals surface area contributed by atoms with Crippen molar-refractivity contribution < 1.29 is 0 Å². The van der Waals surface area contributed by atoms with E-state index in [2.05, 4.69) is 198 Å². The standard InChI is InChI=1S/C59H36N2/c1-3-11-36(12-4-1)53-44-17-7-8-18-45(44)54(37-13-5-2-6-14-37)59-48-30-29-42(43-19-10-20-46(56(43)48)58(53)59)35-23-26-41(27-24-35)61-50-31-32-60-34-49(50)57-47-28-25-39-16-9-15-38-21-22-40(33-51(57)61)55(47)52(38)39/h1-23,25-26,28-34H,24,27H2. The fourth-order valence-corrected chi connectivity index (χ4v) is 11.4. The third kappa shape index (κ3) is 4.49. The predicted octanol–water partition coefficient (Wildman–Crippen LogP) is 16.1. The van der Waals surface area contributed by atoms with Gasteiger partial charge in [0, 0.05) is 28.9 Å². The third-order valence-corrected chi connectivity index (χ3v) is 13.9. The van der Waals surface area contributed by atoms with Gasteiger partial charge < -0.3 is 4.57 Å². The number of allylic oxidation sites excluding steroid dienone is 4. The minimum Gasteiger partial charge on any atom is -0.313 e. The second kappa shape index (κ2) is 12.4. The normalized spacial score (nSPS) is 13.6. The quantitative estimate of drug-likeness (QED) is 0.163. The Balaban J connectivity index is 0.975. The van der Waals surface area contributed by atoms with Crippen molar-refractivity contribution >= 4 is 86.9 Å². The van der Waals surface area contributed by atoms with Crippen molar-refractivity contribution in [1.29, 1.82) is 0 Å². The highest BCUT2D eigenvalue weighted by molar-refractivity contribution is 6.33. The summed E-state index contributed by atoms with van der Waals surface area (Å²) in [5.74, 6) is 0. The molecule has 0 bridgehead atoms. The van der Waals surface area contributed by atoms with Crippen molar-refractivity contribution in [1.82, 2.24) is 9.55 Å². The molecule has 2 heteroatoms. The van der Waals surface area contributed by atoms with Crippen LogP contribution in [0.2, 0.25) is 0 Å². The van der Waals surface area contributed by atoms with Gasteiger partial charge >= 0.3 is 0 Å². The molecule has 0 aliphatic heterocycles. The van der Waals surface area contributed by atoms with Crippen LogP contribution in [0, 0.1) is 0 Å². The lowest BCUT2D eigenvalue weighted by atomic mass is 9.82. The van der Waals surface area contributed by atoms with E-state index in [-0.39, 0.29) is 0 Å². The van der Waals surface area contributed by atoms with E-state index in [1.165, 1.54) is 137 Å². The summed E-state index contributed by atoms with van der Waals surface area (Å²) in [4.78, 5) is 4.66. The summed E-state index contributed by atoms with van der Waals surface area (Å²) in [7, 11) is 0. The highest BCUT2D eigenvalue weighted by atomic mass is 15.0. The molecule has 2 aliphatic rings. The van der Waals surface area contributed by atoms with Crippen molar-refractivity contribution in [3.63, 3.8) is 0 Å². The molecule has 2 heterocycles. The van der Waals surface area contributed by atoms with Crippen LogP contribution < -0.4 is 0 Å². The molecule has 10 aromatic carbocycles. The van der Waals surface area contributed by atoms with Crippen LogP contribution in [0.25, 0.3) is 131 Å². The molecule has 0 radical (unpaired) electrons. The Kier molecular flexibility index (Phi) is 6.70. The Hall–Kier alpha value is -7.81. The monoisotopic (exact) mass is 772 g/mol. The summed E-state index contributed by atoms with van der Waals surface area (Å²) in [6.07, 6.45) is 10.7. The Bertz CT molecular complexity index is 3790. The van der Waals surface area contributed by atoms with Gasteiger partial charge in [-0.15, -0.1) is 0 Å². The van der Waals surface area contributed by atoms with Crippen LogP contribution in [-0.4, -0.2) is 9.55 Å². The van der Waals surface area contributed by atoms with E-state index in [0.29, 0.717) is 0 Å². The molecule has 14 rings (SSSR count). The maximum absolute atomic E-state index is 4.66. The van der Waals surface area contributed by atoms with Gasteiger partial charge in [-0.25, -0.2) is 0 Å². The van der Waals surface area contributed by atoms with Crippen LogP contribution in [0.15, 0.2) is 194 Å². The number of pyridine rings is 1. The number of aromatic nitrogens is 2. The molecule has 0 saturated heterocycles. The topological polar surface area (TPSA) is 17.8 Å². The number of hydrogen-bond donors (Lipinski definition) is 0. The van der Waals surface area contributed by atoms with Crippen LogP contribution in [-0.2, 0) is 0 Å². The molecule has 2 aliphatic carbocycles.